The van der Waals surface area contributed by atoms with Gasteiger partial charge in [-0.2, -0.15) is 0 Å². The number of hydrogen-bond acceptors (Lipinski definition) is 3. The van der Waals surface area contributed by atoms with E-state index in [1.54, 1.807) is 6.07 Å². The number of carbonyl (C=O) groups excluding carboxylic acids is 2. The van der Waals surface area contributed by atoms with E-state index >= 15 is 0 Å². The van der Waals surface area contributed by atoms with Gasteiger partial charge >= 0.3 is 0 Å². The minimum atomic E-state index is -0.548. The number of aromatic nitrogens is 1. The standard InChI is InChI=1S/C21H18FN3O2/c1-13-7-8-17(9-14(13)2)24-20(26)15-10-16(12-23-11-15)21(27)25-19-6-4-3-5-18(19)22/h3-12H,1-2H3,(H,24,26)(H,25,27). The summed E-state index contributed by atoms with van der Waals surface area (Å²) in [5.74, 6) is -1.47. The fraction of sp³-hybridized carbons (Fsp3) is 0.0952. The largest absolute Gasteiger partial charge is 0.322 e. The van der Waals surface area contributed by atoms with Crippen LogP contribution < -0.4 is 10.6 Å². The number of rotatable bonds is 4. The number of aryl methyl sites for hydroxylation is 2. The summed E-state index contributed by atoms with van der Waals surface area (Å²) >= 11 is 0. The van der Waals surface area contributed by atoms with Crippen LogP contribution in [0.3, 0.4) is 0 Å². The Labute approximate surface area is 156 Å². The van der Waals surface area contributed by atoms with E-state index in [4.69, 9.17) is 0 Å². The lowest BCUT2D eigenvalue weighted by molar-refractivity contribution is 0.102. The highest BCUT2D eigenvalue weighted by atomic mass is 19.1. The molecule has 0 unspecified atom stereocenters. The molecule has 2 amide bonds. The van der Waals surface area contributed by atoms with Crippen molar-refractivity contribution in [1.82, 2.24) is 4.98 Å². The van der Waals surface area contributed by atoms with Crippen molar-refractivity contribution in [3.63, 3.8) is 0 Å². The molecule has 136 valence electrons. The smallest absolute Gasteiger partial charge is 0.257 e. The first-order valence-electron chi connectivity index (χ1n) is 8.33. The molecular weight excluding hydrogens is 345 g/mol. The van der Waals surface area contributed by atoms with E-state index in [0.717, 1.165) is 11.1 Å². The minimum absolute atomic E-state index is 0.0625. The zero-order valence-electron chi connectivity index (χ0n) is 14.9. The highest BCUT2D eigenvalue weighted by Gasteiger charge is 2.13. The number of pyridine rings is 1. The van der Waals surface area contributed by atoms with E-state index in [1.165, 1.54) is 36.7 Å². The van der Waals surface area contributed by atoms with Crippen LogP contribution in [0.5, 0.6) is 0 Å². The SMILES string of the molecule is Cc1ccc(NC(=O)c2cncc(C(=O)Nc3ccccc3F)c2)cc1C. The molecule has 0 fully saturated rings. The maximum absolute atomic E-state index is 13.7. The van der Waals surface area contributed by atoms with Crippen molar-refractivity contribution in [2.24, 2.45) is 0 Å². The van der Waals surface area contributed by atoms with Crippen LogP contribution in [-0.2, 0) is 0 Å². The summed E-state index contributed by atoms with van der Waals surface area (Å²) in [6.07, 6.45) is 2.69. The predicted molar refractivity (Wildman–Crippen MR) is 102 cm³/mol. The maximum atomic E-state index is 13.7. The van der Waals surface area contributed by atoms with Crippen LogP contribution in [0, 0.1) is 19.7 Å². The Kier molecular flexibility index (Phi) is 5.26. The van der Waals surface area contributed by atoms with Crippen molar-refractivity contribution in [3.8, 4) is 0 Å². The molecule has 2 aromatic carbocycles. The fourth-order valence-electron chi connectivity index (χ4n) is 2.47. The molecule has 3 rings (SSSR count). The third-order valence-electron chi connectivity index (χ3n) is 4.15. The Balaban J connectivity index is 1.76. The first kappa shape index (κ1) is 18.3. The zero-order valence-corrected chi connectivity index (χ0v) is 14.9. The van der Waals surface area contributed by atoms with Crippen LogP contribution in [0.2, 0.25) is 0 Å². The third-order valence-corrected chi connectivity index (χ3v) is 4.15. The second-order valence-electron chi connectivity index (χ2n) is 6.15. The fourth-order valence-corrected chi connectivity index (χ4v) is 2.47. The Morgan fingerprint density at radius 3 is 2.19 bits per heavy atom. The van der Waals surface area contributed by atoms with Gasteiger partial charge in [-0.3, -0.25) is 14.6 Å². The van der Waals surface area contributed by atoms with E-state index < -0.39 is 11.7 Å². The van der Waals surface area contributed by atoms with Gasteiger partial charge in [0.1, 0.15) is 5.82 Å². The van der Waals surface area contributed by atoms with Crippen molar-refractivity contribution in [1.29, 1.82) is 0 Å². The molecule has 1 heterocycles. The molecule has 0 saturated heterocycles. The van der Waals surface area contributed by atoms with Crippen LogP contribution in [0.25, 0.3) is 0 Å². The Morgan fingerprint density at radius 1 is 0.852 bits per heavy atom. The van der Waals surface area contributed by atoms with E-state index in [-0.39, 0.29) is 22.7 Å². The monoisotopic (exact) mass is 363 g/mol. The first-order valence-corrected chi connectivity index (χ1v) is 8.33. The molecule has 5 nitrogen and oxygen atoms in total. The topological polar surface area (TPSA) is 71.1 Å². The molecule has 6 heteroatoms. The number of amides is 2. The molecule has 1 aromatic heterocycles. The predicted octanol–water partition coefficient (Wildman–Crippen LogP) is 4.34. The summed E-state index contributed by atoms with van der Waals surface area (Å²) in [6.45, 7) is 3.95. The van der Waals surface area contributed by atoms with Crippen molar-refractivity contribution in [3.05, 3.63) is 89.0 Å². The number of anilines is 2. The van der Waals surface area contributed by atoms with Crippen molar-refractivity contribution >= 4 is 23.2 Å². The molecule has 2 N–H and O–H groups in total. The van der Waals surface area contributed by atoms with Crippen LogP contribution in [0.4, 0.5) is 15.8 Å². The van der Waals surface area contributed by atoms with Crippen LogP contribution in [0.15, 0.2) is 60.9 Å². The first-order chi connectivity index (χ1) is 12.9. The Bertz CT molecular complexity index is 1020. The van der Waals surface area contributed by atoms with Gasteiger partial charge in [0.15, 0.2) is 0 Å². The second-order valence-corrected chi connectivity index (χ2v) is 6.15. The van der Waals surface area contributed by atoms with Gasteiger partial charge < -0.3 is 10.6 Å². The lowest BCUT2D eigenvalue weighted by Gasteiger charge is -2.09. The van der Waals surface area contributed by atoms with Gasteiger partial charge in [-0.05, 0) is 55.3 Å². The van der Waals surface area contributed by atoms with E-state index in [0.29, 0.717) is 5.69 Å². The van der Waals surface area contributed by atoms with Crippen LogP contribution >= 0.6 is 0 Å². The summed E-state index contributed by atoms with van der Waals surface area (Å²) in [6, 6.07) is 12.9. The highest BCUT2D eigenvalue weighted by Crippen LogP contribution is 2.17. The molecule has 0 aliphatic carbocycles. The van der Waals surface area contributed by atoms with Gasteiger partial charge in [-0.25, -0.2) is 4.39 Å². The van der Waals surface area contributed by atoms with Gasteiger partial charge in [0.05, 0.1) is 16.8 Å². The van der Waals surface area contributed by atoms with Crippen molar-refractivity contribution in [2.45, 2.75) is 13.8 Å². The van der Waals surface area contributed by atoms with Crippen molar-refractivity contribution < 1.29 is 14.0 Å². The molecule has 3 aromatic rings. The highest BCUT2D eigenvalue weighted by molar-refractivity contribution is 6.08. The molecule has 0 saturated carbocycles. The summed E-state index contributed by atoms with van der Waals surface area (Å²) < 4.78 is 13.7. The van der Waals surface area contributed by atoms with Crippen molar-refractivity contribution in [2.75, 3.05) is 10.6 Å². The molecule has 0 atom stereocenters. The summed E-state index contributed by atoms with van der Waals surface area (Å²) in [7, 11) is 0. The minimum Gasteiger partial charge on any atom is -0.322 e. The molecule has 0 bridgehead atoms. The van der Waals surface area contributed by atoms with E-state index in [1.807, 2.05) is 32.0 Å². The van der Waals surface area contributed by atoms with E-state index in [2.05, 4.69) is 15.6 Å². The molecule has 0 aliphatic heterocycles. The number of carbonyl (C=O) groups is 2. The number of nitrogens with one attached hydrogen (secondary N) is 2. The maximum Gasteiger partial charge on any atom is 0.257 e. The van der Waals surface area contributed by atoms with Gasteiger partial charge in [0, 0.05) is 18.1 Å². The Morgan fingerprint density at radius 2 is 1.52 bits per heavy atom. The number of halogens is 1. The lowest BCUT2D eigenvalue weighted by Crippen LogP contribution is -2.16. The van der Waals surface area contributed by atoms with Crippen LogP contribution in [-0.4, -0.2) is 16.8 Å². The van der Waals surface area contributed by atoms with Gasteiger partial charge in [0.2, 0.25) is 0 Å². The normalized spacial score (nSPS) is 10.3. The molecule has 27 heavy (non-hydrogen) atoms. The van der Waals surface area contributed by atoms with Gasteiger partial charge in [-0.15, -0.1) is 0 Å². The number of benzene rings is 2. The average molecular weight is 363 g/mol. The van der Waals surface area contributed by atoms with Gasteiger partial charge in [-0.1, -0.05) is 18.2 Å². The summed E-state index contributed by atoms with van der Waals surface area (Å²) in [5.41, 5.74) is 3.29. The zero-order chi connectivity index (χ0) is 19.4. The Hall–Kier alpha value is -3.54. The average Bonchev–Trinajstić information content (AvgIpc) is 2.66. The summed E-state index contributed by atoms with van der Waals surface area (Å²) in [4.78, 5) is 28.7. The van der Waals surface area contributed by atoms with E-state index in [9.17, 15) is 14.0 Å². The number of hydrogen-bond donors (Lipinski definition) is 2. The number of nitrogens with zero attached hydrogens (tertiary/aromatic N) is 1. The molecule has 0 spiro atoms. The quantitative estimate of drug-likeness (QED) is 0.724. The van der Waals surface area contributed by atoms with Gasteiger partial charge in [0.25, 0.3) is 11.8 Å². The second kappa shape index (κ2) is 7.78. The molecular formula is C21H18FN3O2. The molecule has 0 radical (unpaired) electrons. The number of para-hydroxylation sites is 1. The van der Waals surface area contributed by atoms with Crippen LogP contribution in [0.1, 0.15) is 31.8 Å². The molecule has 0 aliphatic rings. The third kappa shape index (κ3) is 4.36. The summed E-state index contributed by atoms with van der Waals surface area (Å²) in [5, 5.41) is 5.25. The lowest BCUT2D eigenvalue weighted by atomic mass is 10.1.